The molecule has 2 atom stereocenters. The van der Waals surface area contributed by atoms with Crippen LogP contribution in [-0.2, 0) is 32.7 Å². The second-order valence-electron chi connectivity index (χ2n) is 33.4. The van der Waals surface area contributed by atoms with Crippen LogP contribution < -0.4 is 4.89 Å². The summed E-state index contributed by atoms with van der Waals surface area (Å²) in [6.07, 6.45) is 119. The summed E-state index contributed by atoms with van der Waals surface area (Å²) in [6.45, 7) is 4.22. The number of carbonyl (C=O) groups excluding carboxylic acids is 2. The fourth-order valence-corrected chi connectivity index (χ4v) is 15.2. The minimum absolute atomic E-state index is 0.0273. The molecule has 0 radical (unpaired) electrons. The Morgan fingerprint density at radius 3 is 0.802 bits per heavy atom. The van der Waals surface area contributed by atoms with E-state index in [9.17, 15) is 19.0 Å². The third-order valence-electron chi connectivity index (χ3n) is 21.6. The predicted molar refractivity (Wildman–Crippen MR) is 462 cm³/mol. The van der Waals surface area contributed by atoms with Crippen molar-refractivity contribution in [3.63, 3.8) is 0 Å². The standard InChI is InChI=1S/C96H182NO8P/c1-6-8-10-12-14-16-18-20-22-24-26-28-30-32-34-36-38-40-42-44-46-48-50-52-54-56-58-60-62-64-66-68-70-72-74-76-78-80-82-84-86-88-95(98)102-92-94(93-104-106(100,101)103-91-90-97(3,4)5)105-96(99)89-87-85-83-81-79-77-75-73-71-69-67-65-63-61-59-57-55-53-51-49-47-45-43-41-39-37-35-33-31-29-27-25-23-21-19-17-15-13-11-9-7-2/h9,11,15,17,21,23,27,29,33,35,94H,6-8,10,12-14,16,18-20,22,24-26,28,30-32,34,36-93H2,1-5H3/b11-9-,17-15-,23-21-,29-27-,35-33-. The van der Waals surface area contributed by atoms with Gasteiger partial charge in [0.1, 0.15) is 19.8 Å². The molecule has 0 aromatic heterocycles. The normalized spacial score (nSPS) is 13.2. The van der Waals surface area contributed by atoms with E-state index in [4.69, 9.17) is 18.5 Å². The summed E-state index contributed by atoms with van der Waals surface area (Å²) in [4.78, 5) is 38.3. The van der Waals surface area contributed by atoms with Crippen LogP contribution in [0.15, 0.2) is 60.8 Å². The Balaban J connectivity index is 3.81. The van der Waals surface area contributed by atoms with Crippen molar-refractivity contribution in [3.05, 3.63) is 60.8 Å². The molecule has 10 heteroatoms. The van der Waals surface area contributed by atoms with Crippen molar-refractivity contribution in [1.82, 2.24) is 0 Å². The van der Waals surface area contributed by atoms with E-state index in [0.29, 0.717) is 17.4 Å². The number of phosphoric ester groups is 1. The highest BCUT2D eigenvalue weighted by Crippen LogP contribution is 2.38. The first-order chi connectivity index (χ1) is 52.0. The van der Waals surface area contributed by atoms with Crippen molar-refractivity contribution >= 4 is 19.8 Å². The minimum atomic E-state index is -4.65. The number of nitrogens with zero attached hydrogens (tertiary/aromatic N) is 1. The lowest BCUT2D eigenvalue weighted by Gasteiger charge is -2.28. The summed E-state index contributed by atoms with van der Waals surface area (Å²) in [6, 6.07) is 0. The quantitative estimate of drug-likeness (QED) is 0.0195. The van der Waals surface area contributed by atoms with Gasteiger partial charge < -0.3 is 27.9 Å². The van der Waals surface area contributed by atoms with Crippen LogP contribution in [0.4, 0.5) is 0 Å². The molecule has 0 aliphatic carbocycles. The summed E-state index contributed by atoms with van der Waals surface area (Å²) in [5.41, 5.74) is 0. The van der Waals surface area contributed by atoms with E-state index in [1.165, 1.54) is 392 Å². The van der Waals surface area contributed by atoms with Crippen LogP contribution in [0.1, 0.15) is 489 Å². The second kappa shape index (κ2) is 86.7. The van der Waals surface area contributed by atoms with Crippen molar-refractivity contribution in [2.45, 2.75) is 495 Å². The van der Waals surface area contributed by atoms with Gasteiger partial charge in [0.2, 0.25) is 0 Å². The van der Waals surface area contributed by atoms with Crippen molar-refractivity contribution in [2.24, 2.45) is 0 Å². The van der Waals surface area contributed by atoms with E-state index in [2.05, 4.69) is 74.6 Å². The first kappa shape index (κ1) is 104. The number of phosphoric acid groups is 1. The Bertz CT molecular complexity index is 1980. The lowest BCUT2D eigenvalue weighted by Crippen LogP contribution is -2.37. The van der Waals surface area contributed by atoms with Gasteiger partial charge >= 0.3 is 11.9 Å². The van der Waals surface area contributed by atoms with Gasteiger partial charge in [-0.15, -0.1) is 0 Å². The molecule has 0 aliphatic heterocycles. The average Bonchev–Trinajstić information content (AvgIpc) is 0.908. The lowest BCUT2D eigenvalue weighted by atomic mass is 10.0. The fraction of sp³-hybridized carbons (Fsp3) is 0.875. The molecule has 106 heavy (non-hydrogen) atoms. The molecule has 0 amide bonds. The van der Waals surface area contributed by atoms with E-state index in [1.807, 2.05) is 21.1 Å². The van der Waals surface area contributed by atoms with E-state index >= 15 is 0 Å². The number of likely N-dealkylation sites (N-methyl/N-ethyl adjacent to an activating group) is 1. The summed E-state index contributed by atoms with van der Waals surface area (Å²) in [5.74, 6) is -0.804. The summed E-state index contributed by atoms with van der Waals surface area (Å²) < 4.78 is 34.5. The number of carbonyl (C=O) groups is 2. The van der Waals surface area contributed by atoms with Crippen LogP contribution in [0.3, 0.4) is 0 Å². The molecule has 624 valence electrons. The molecule has 0 fully saturated rings. The van der Waals surface area contributed by atoms with Gasteiger partial charge in [-0.3, -0.25) is 14.2 Å². The molecule has 0 bridgehead atoms. The molecule has 0 rings (SSSR count). The highest BCUT2D eigenvalue weighted by Gasteiger charge is 2.22. The highest BCUT2D eigenvalue weighted by molar-refractivity contribution is 7.45. The Labute approximate surface area is 661 Å². The van der Waals surface area contributed by atoms with Gasteiger partial charge in [-0.25, -0.2) is 0 Å². The molecule has 0 aliphatic rings. The molecular formula is C96H182NO8P. The predicted octanol–water partition coefficient (Wildman–Crippen LogP) is 31.3. The Morgan fingerprint density at radius 1 is 0.302 bits per heavy atom. The van der Waals surface area contributed by atoms with Gasteiger partial charge in [-0.05, 0) is 57.8 Å². The Kier molecular flexibility index (Phi) is 84.8. The molecule has 9 nitrogen and oxygen atoms in total. The zero-order valence-corrected chi connectivity index (χ0v) is 72.6. The number of ether oxygens (including phenoxy) is 2. The van der Waals surface area contributed by atoms with E-state index in [0.717, 1.165) is 64.2 Å². The van der Waals surface area contributed by atoms with Crippen molar-refractivity contribution in [2.75, 3.05) is 47.5 Å². The average molecular weight is 1510 g/mol. The number of hydrogen-bond acceptors (Lipinski definition) is 8. The molecule has 2 unspecified atom stereocenters. The first-order valence-electron chi connectivity index (χ1n) is 47.0. The molecular weight excluding hydrogens is 1330 g/mol. The van der Waals surface area contributed by atoms with Crippen molar-refractivity contribution < 1.29 is 42.1 Å². The maximum absolute atomic E-state index is 12.9. The van der Waals surface area contributed by atoms with Gasteiger partial charge in [0.15, 0.2) is 6.10 Å². The van der Waals surface area contributed by atoms with Crippen LogP contribution >= 0.6 is 7.82 Å². The van der Waals surface area contributed by atoms with Crippen LogP contribution in [0.25, 0.3) is 0 Å². The Morgan fingerprint density at radius 2 is 0.538 bits per heavy atom. The van der Waals surface area contributed by atoms with E-state index in [-0.39, 0.29) is 32.0 Å². The third-order valence-corrected chi connectivity index (χ3v) is 22.5. The molecule has 0 heterocycles. The van der Waals surface area contributed by atoms with E-state index < -0.39 is 26.5 Å². The number of esters is 2. The van der Waals surface area contributed by atoms with Crippen molar-refractivity contribution in [3.8, 4) is 0 Å². The maximum atomic E-state index is 12.9. The second-order valence-corrected chi connectivity index (χ2v) is 34.8. The number of hydrogen-bond donors (Lipinski definition) is 0. The van der Waals surface area contributed by atoms with Crippen LogP contribution in [0, 0.1) is 0 Å². The van der Waals surface area contributed by atoms with Crippen LogP contribution in [0.2, 0.25) is 0 Å². The zero-order chi connectivity index (χ0) is 76.8. The first-order valence-corrected chi connectivity index (χ1v) is 48.5. The van der Waals surface area contributed by atoms with Crippen molar-refractivity contribution in [1.29, 1.82) is 0 Å². The topological polar surface area (TPSA) is 111 Å². The highest BCUT2D eigenvalue weighted by atomic mass is 31.2. The number of quaternary nitrogens is 1. The largest absolute Gasteiger partial charge is 0.756 e. The minimum Gasteiger partial charge on any atom is -0.756 e. The molecule has 0 N–H and O–H groups in total. The zero-order valence-electron chi connectivity index (χ0n) is 71.7. The summed E-state index contributed by atoms with van der Waals surface area (Å²) in [7, 11) is 1.19. The molecule has 0 saturated heterocycles. The summed E-state index contributed by atoms with van der Waals surface area (Å²) >= 11 is 0. The molecule has 0 saturated carbocycles. The third kappa shape index (κ3) is 90.6. The monoisotopic (exact) mass is 1510 g/mol. The fourth-order valence-electron chi connectivity index (χ4n) is 14.5. The number of unbranched alkanes of at least 4 members (excludes halogenated alkanes) is 65. The molecule has 0 spiro atoms. The van der Waals surface area contributed by atoms with Crippen LogP contribution in [-0.4, -0.2) is 70.0 Å². The van der Waals surface area contributed by atoms with Gasteiger partial charge in [-0.2, -0.15) is 0 Å². The Hall–Kier alpha value is -2.29. The van der Waals surface area contributed by atoms with Gasteiger partial charge in [0, 0.05) is 12.8 Å². The molecule has 0 aromatic rings. The van der Waals surface area contributed by atoms with Crippen LogP contribution in [0.5, 0.6) is 0 Å². The maximum Gasteiger partial charge on any atom is 0.306 e. The lowest BCUT2D eigenvalue weighted by molar-refractivity contribution is -0.870. The summed E-state index contributed by atoms with van der Waals surface area (Å²) in [5, 5.41) is 0. The van der Waals surface area contributed by atoms with E-state index in [1.54, 1.807) is 0 Å². The number of allylic oxidation sites excluding steroid dienone is 10. The van der Waals surface area contributed by atoms with Gasteiger partial charge in [-0.1, -0.05) is 479 Å². The van der Waals surface area contributed by atoms with Gasteiger partial charge in [0.05, 0.1) is 27.7 Å². The molecule has 0 aromatic carbocycles. The smallest absolute Gasteiger partial charge is 0.306 e. The SMILES string of the molecule is CC/C=C\C/C=C\C/C=C\C/C=C\C/C=C\CCCCCCCCCCCCCCCCCCCCCCCCCCCC(=O)OC(COC(=O)CCCCCCCCCCCCCCCCCCCCCCCCCCCCCCCCCCCCCCCCCCC)COP(=O)([O-])OCC[N+](C)(C)C. The number of rotatable bonds is 89. The van der Waals surface area contributed by atoms with Gasteiger partial charge in [0.25, 0.3) is 7.82 Å².